The van der Waals surface area contributed by atoms with Crippen molar-refractivity contribution < 1.29 is 15.0 Å². The maximum atomic E-state index is 10.7. The van der Waals surface area contributed by atoms with Gasteiger partial charge >= 0.3 is 5.97 Å². The molecule has 0 fully saturated rings. The van der Waals surface area contributed by atoms with Crippen LogP contribution in [0, 0.1) is 6.92 Å². The highest BCUT2D eigenvalue weighted by Gasteiger charge is 2.17. The number of aliphatic carboxylic acids is 1. The Morgan fingerprint density at radius 1 is 1.44 bits per heavy atom. The average Bonchev–Trinajstić information content (AvgIpc) is 2.27. The molecule has 0 radical (unpaired) electrons. The van der Waals surface area contributed by atoms with Crippen LogP contribution in [-0.4, -0.2) is 41.2 Å². The number of hydrogen-bond acceptors (Lipinski definition) is 4. The zero-order chi connectivity index (χ0) is 13.9. The lowest BCUT2D eigenvalue weighted by Gasteiger charge is -2.17. The van der Waals surface area contributed by atoms with Crippen molar-refractivity contribution in [2.45, 2.75) is 25.9 Å². The number of benzene rings is 1. The third-order valence-corrected chi connectivity index (χ3v) is 2.83. The highest BCUT2D eigenvalue weighted by Crippen LogP contribution is 2.27. The molecule has 0 amide bonds. The van der Waals surface area contributed by atoms with Crippen LogP contribution in [0.15, 0.2) is 12.1 Å². The fourth-order valence-corrected chi connectivity index (χ4v) is 1.79. The third-order valence-electron chi connectivity index (χ3n) is 2.83. The summed E-state index contributed by atoms with van der Waals surface area (Å²) in [6.07, 6.45) is 0.127. The molecule has 0 heterocycles. The molecule has 5 nitrogen and oxygen atoms in total. The number of phenolic OH excluding ortho intramolecular Hbond substituents is 1. The number of nitrogens with zero attached hydrogens (tertiary/aromatic N) is 1. The van der Waals surface area contributed by atoms with Gasteiger partial charge in [0.1, 0.15) is 11.8 Å². The molecule has 0 saturated heterocycles. The zero-order valence-corrected chi connectivity index (χ0v) is 11.0. The van der Waals surface area contributed by atoms with E-state index < -0.39 is 12.0 Å². The van der Waals surface area contributed by atoms with Crippen molar-refractivity contribution in [2.75, 3.05) is 14.1 Å². The van der Waals surface area contributed by atoms with E-state index in [9.17, 15) is 9.90 Å². The highest BCUT2D eigenvalue weighted by molar-refractivity contribution is 5.73. The lowest BCUT2D eigenvalue weighted by atomic mass is 9.98. The van der Waals surface area contributed by atoms with Crippen LogP contribution in [-0.2, 0) is 17.8 Å². The molecule has 0 saturated carbocycles. The Kier molecular flexibility index (Phi) is 4.69. The second kappa shape index (κ2) is 5.84. The number of carboxylic acid groups (broad SMARTS) is 1. The largest absolute Gasteiger partial charge is 0.507 e. The van der Waals surface area contributed by atoms with Gasteiger partial charge in [-0.15, -0.1) is 0 Å². The molecule has 0 bridgehead atoms. The fourth-order valence-electron chi connectivity index (χ4n) is 1.79. The summed E-state index contributed by atoms with van der Waals surface area (Å²) in [5, 5.41) is 19.0. The van der Waals surface area contributed by atoms with Gasteiger partial charge in [-0.3, -0.25) is 4.79 Å². The van der Waals surface area contributed by atoms with E-state index >= 15 is 0 Å². The molecule has 0 spiro atoms. The Morgan fingerprint density at radius 3 is 2.56 bits per heavy atom. The van der Waals surface area contributed by atoms with E-state index in [1.807, 2.05) is 32.0 Å². The Hall–Kier alpha value is -1.59. The third kappa shape index (κ3) is 3.45. The highest BCUT2D eigenvalue weighted by atomic mass is 16.4. The first kappa shape index (κ1) is 14.5. The number of aromatic hydroxyl groups is 1. The normalized spacial score (nSPS) is 12.7. The molecule has 1 atom stereocenters. The van der Waals surface area contributed by atoms with Crippen LogP contribution in [0.3, 0.4) is 0 Å². The summed E-state index contributed by atoms with van der Waals surface area (Å²) in [7, 11) is 3.82. The topological polar surface area (TPSA) is 86.8 Å². The van der Waals surface area contributed by atoms with E-state index in [-0.39, 0.29) is 12.2 Å². The summed E-state index contributed by atoms with van der Waals surface area (Å²) >= 11 is 0. The van der Waals surface area contributed by atoms with Crippen LogP contribution in [0.1, 0.15) is 16.7 Å². The van der Waals surface area contributed by atoms with Crippen LogP contribution in [0.5, 0.6) is 5.75 Å². The molecule has 1 aromatic rings. The maximum absolute atomic E-state index is 10.7. The second-order valence-electron chi connectivity index (χ2n) is 4.76. The molecule has 0 aliphatic carbocycles. The minimum absolute atomic E-state index is 0.127. The molecule has 1 unspecified atom stereocenters. The predicted molar refractivity (Wildman–Crippen MR) is 69.6 cm³/mol. The van der Waals surface area contributed by atoms with Crippen molar-refractivity contribution in [3.63, 3.8) is 0 Å². The minimum atomic E-state index is -1.07. The van der Waals surface area contributed by atoms with Crippen LogP contribution in [0.4, 0.5) is 0 Å². The van der Waals surface area contributed by atoms with Crippen molar-refractivity contribution >= 4 is 5.97 Å². The minimum Gasteiger partial charge on any atom is -0.507 e. The first-order chi connectivity index (χ1) is 8.32. The van der Waals surface area contributed by atoms with Gasteiger partial charge in [-0.1, -0.05) is 12.1 Å². The van der Waals surface area contributed by atoms with Crippen LogP contribution in [0.2, 0.25) is 0 Å². The SMILES string of the molecule is Cc1ccc(CC(N)C(=O)O)c(O)c1CN(C)C. The molecule has 4 N–H and O–H groups in total. The van der Waals surface area contributed by atoms with E-state index in [1.54, 1.807) is 6.07 Å². The number of rotatable bonds is 5. The Balaban J connectivity index is 3.04. The molecule has 0 aromatic heterocycles. The monoisotopic (exact) mass is 252 g/mol. The summed E-state index contributed by atoms with van der Waals surface area (Å²) in [4.78, 5) is 12.7. The van der Waals surface area contributed by atoms with E-state index in [2.05, 4.69) is 0 Å². The van der Waals surface area contributed by atoms with Gasteiger partial charge in [0.2, 0.25) is 0 Å². The number of aryl methyl sites for hydroxylation is 1. The van der Waals surface area contributed by atoms with Crippen molar-refractivity contribution in [3.8, 4) is 5.75 Å². The van der Waals surface area contributed by atoms with Crippen molar-refractivity contribution in [2.24, 2.45) is 5.73 Å². The number of nitrogens with two attached hydrogens (primary N) is 1. The summed E-state index contributed by atoms with van der Waals surface area (Å²) in [6, 6.07) is 2.61. The lowest BCUT2D eigenvalue weighted by molar-refractivity contribution is -0.138. The van der Waals surface area contributed by atoms with Gasteiger partial charge in [0.25, 0.3) is 0 Å². The molecule has 1 aromatic carbocycles. The Bertz CT molecular complexity index is 444. The van der Waals surface area contributed by atoms with Gasteiger partial charge in [-0.25, -0.2) is 0 Å². The van der Waals surface area contributed by atoms with Crippen molar-refractivity contribution in [1.82, 2.24) is 4.90 Å². The van der Waals surface area contributed by atoms with Crippen LogP contribution >= 0.6 is 0 Å². The molecule has 18 heavy (non-hydrogen) atoms. The first-order valence-corrected chi connectivity index (χ1v) is 5.76. The van der Waals surface area contributed by atoms with Crippen LogP contribution in [0.25, 0.3) is 0 Å². The molecule has 100 valence electrons. The lowest BCUT2D eigenvalue weighted by Crippen LogP contribution is -2.32. The summed E-state index contributed by atoms with van der Waals surface area (Å²) in [5.74, 6) is -0.912. The molecule has 1 rings (SSSR count). The Labute approximate surface area is 107 Å². The second-order valence-corrected chi connectivity index (χ2v) is 4.76. The first-order valence-electron chi connectivity index (χ1n) is 5.76. The molecular formula is C13H20N2O3. The number of carbonyl (C=O) groups is 1. The molecule has 0 aliphatic heterocycles. The van der Waals surface area contributed by atoms with Crippen molar-refractivity contribution in [1.29, 1.82) is 0 Å². The van der Waals surface area contributed by atoms with E-state index in [0.29, 0.717) is 12.1 Å². The molecule has 0 aliphatic rings. The Morgan fingerprint density at radius 2 is 2.06 bits per heavy atom. The quantitative estimate of drug-likeness (QED) is 0.718. The van der Waals surface area contributed by atoms with Gasteiger partial charge < -0.3 is 20.8 Å². The van der Waals surface area contributed by atoms with Gasteiger partial charge in [-0.05, 0) is 32.1 Å². The maximum Gasteiger partial charge on any atom is 0.320 e. The summed E-state index contributed by atoms with van der Waals surface area (Å²) in [5.41, 5.74) is 7.86. The van der Waals surface area contributed by atoms with E-state index in [1.165, 1.54) is 0 Å². The smallest absolute Gasteiger partial charge is 0.320 e. The van der Waals surface area contributed by atoms with Gasteiger partial charge in [-0.2, -0.15) is 0 Å². The average molecular weight is 252 g/mol. The zero-order valence-electron chi connectivity index (χ0n) is 11.0. The summed E-state index contributed by atoms with van der Waals surface area (Å²) in [6.45, 7) is 2.52. The predicted octanol–water partition coefficient (Wildman–Crippen LogP) is 0.717. The van der Waals surface area contributed by atoms with Crippen LogP contribution < -0.4 is 5.73 Å². The number of carboxylic acids is 1. The fraction of sp³-hybridized carbons (Fsp3) is 0.462. The standard InChI is InChI=1S/C13H20N2O3/c1-8-4-5-9(6-11(14)13(17)18)12(16)10(8)7-15(2)3/h4-5,11,16H,6-7,14H2,1-3H3,(H,17,18). The van der Waals surface area contributed by atoms with Crippen molar-refractivity contribution in [3.05, 3.63) is 28.8 Å². The van der Waals surface area contributed by atoms with Gasteiger partial charge in [0.05, 0.1) is 0 Å². The van der Waals surface area contributed by atoms with Gasteiger partial charge in [0, 0.05) is 18.5 Å². The number of phenols is 1. The van der Waals surface area contributed by atoms with E-state index in [4.69, 9.17) is 10.8 Å². The molecule has 5 heteroatoms. The summed E-state index contributed by atoms with van der Waals surface area (Å²) < 4.78 is 0. The van der Waals surface area contributed by atoms with E-state index in [0.717, 1.165) is 11.1 Å². The number of hydrogen-bond donors (Lipinski definition) is 3. The van der Waals surface area contributed by atoms with Gasteiger partial charge in [0.15, 0.2) is 0 Å². The molecular weight excluding hydrogens is 232 g/mol.